The summed E-state index contributed by atoms with van der Waals surface area (Å²) in [6.07, 6.45) is 0. The second-order valence-corrected chi connectivity index (χ2v) is 4.88. The van der Waals surface area contributed by atoms with Gasteiger partial charge < -0.3 is 9.80 Å². The summed E-state index contributed by atoms with van der Waals surface area (Å²) < 4.78 is 0. The molecule has 0 unspecified atom stereocenters. The zero-order chi connectivity index (χ0) is 13.8. The molecule has 0 radical (unpaired) electrons. The Morgan fingerprint density at radius 3 is 2.47 bits per heavy atom. The van der Waals surface area contributed by atoms with E-state index in [1.807, 2.05) is 0 Å². The van der Waals surface area contributed by atoms with Crippen LogP contribution < -0.4 is 16.2 Å². The van der Waals surface area contributed by atoms with Gasteiger partial charge in [0, 0.05) is 38.9 Å². The maximum absolute atomic E-state index is 5.47. The van der Waals surface area contributed by atoms with Crippen molar-refractivity contribution in [3.05, 3.63) is 29.3 Å². The van der Waals surface area contributed by atoms with Crippen LogP contribution in [0, 0.1) is 13.8 Å². The molecular formula is C14H23N5. The molecule has 104 valence electrons. The molecule has 0 bridgehead atoms. The first-order chi connectivity index (χ1) is 9.17. The number of hydrogen-bond acceptors (Lipinski definition) is 3. The number of hydrazine groups is 1. The van der Waals surface area contributed by atoms with Crippen LogP contribution in [0.5, 0.6) is 0 Å². The summed E-state index contributed by atoms with van der Waals surface area (Å²) in [4.78, 5) is 8.76. The van der Waals surface area contributed by atoms with Crippen molar-refractivity contribution in [1.82, 2.24) is 10.3 Å². The van der Waals surface area contributed by atoms with E-state index >= 15 is 0 Å². The highest BCUT2D eigenvalue weighted by atomic mass is 15.4. The minimum atomic E-state index is 0.764. The molecule has 1 aromatic carbocycles. The molecule has 0 amide bonds. The van der Waals surface area contributed by atoms with Gasteiger partial charge in [0.15, 0.2) is 0 Å². The van der Waals surface area contributed by atoms with E-state index in [4.69, 9.17) is 5.84 Å². The van der Waals surface area contributed by atoms with Crippen LogP contribution in [0.4, 0.5) is 5.69 Å². The van der Waals surface area contributed by atoms with Crippen LogP contribution in [0.15, 0.2) is 23.2 Å². The standard InChI is InChI=1S/C14H23N5/c1-11-5-4-6-13(12(11)2)18-7-9-19(10-8-18)14(16-3)17-15/h4-6H,7-10,15H2,1-3H3,(H,16,17). The molecule has 0 aromatic heterocycles. The summed E-state index contributed by atoms with van der Waals surface area (Å²) in [6, 6.07) is 6.49. The Morgan fingerprint density at radius 1 is 1.21 bits per heavy atom. The molecule has 0 aliphatic carbocycles. The van der Waals surface area contributed by atoms with E-state index in [1.54, 1.807) is 7.05 Å². The van der Waals surface area contributed by atoms with Crippen LogP contribution in [0.1, 0.15) is 11.1 Å². The number of guanidine groups is 1. The van der Waals surface area contributed by atoms with Gasteiger partial charge in [0.2, 0.25) is 5.96 Å². The first-order valence-corrected chi connectivity index (χ1v) is 6.67. The van der Waals surface area contributed by atoms with Crippen LogP contribution in [0.25, 0.3) is 0 Å². The summed E-state index contributed by atoms with van der Waals surface area (Å²) in [7, 11) is 1.76. The lowest BCUT2D eigenvalue weighted by Gasteiger charge is -2.38. The number of benzene rings is 1. The maximum atomic E-state index is 5.47. The highest BCUT2D eigenvalue weighted by Crippen LogP contribution is 2.23. The lowest BCUT2D eigenvalue weighted by atomic mass is 10.1. The topological polar surface area (TPSA) is 56.9 Å². The van der Waals surface area contributed by atoms with Crippen molar-refractivity contribution in [1.29, 1.82) is 0 Å². The van der Waals surface area contributed by atoms with Gasteiger partial charge in [-0.1, -0.05) is 12.1 Å². The van der Waals surface area contributed by atoms with Gasteiger partial charge in [-0.15, -0.1) is 0 Å². The van der Waals surface area contributed by atoms with Crippen molar-refractivity contribution in [2.75, 3.05) is 38.1 Å². The van der Waals surface area contributed by atoms with E-state index in [0.717, 1.165) is 32.1 Å². The number of aliphatic imine (C=N–C) groups is 1. The summed E-state index contributed by atoms with van der Waals surface area (Å²) in [5, 5.41) is 0. The Balaban J connectivity index is 2.06. The maximum Gasteiger partial charge on any atom is 0.208 e. The molecule has 0 spiro atoms. The molecule has 0 saturated carbocycles. The van der Waals surface area contributed by atoms with Gasteiger partial charge >= 0.3 is 0 Å². The van der Waals surface area contributed by atoms with Gasteiger partial charge in [0.25, 0.3) is 0 Å². The van der Waals surface area contributed by atoms with Crippen molar-refractivity contribution in [2.45, 2.75) is 13.8 Å². The first kappa shape index (κ1) is 13.7. The predicted molar refractivity (Wildman–Crippen MR) is 80.4 cm³/mol. The first-order valence-electron chi connectivity index (χ1n) is 6.67. The quantitative estimate of drug-likeness (QED) is 0.341. The smallest absolute Gasteiger partial charge is 0.208 e. The second kappa shape index (κ2) is 5.93. The van der Waals surface area contributed by atoms with Gasteiger partial charge in [0.05, 0.1) is 0 Å². The molecule has 1 aliphatic heterocycles. The lowest BCUT2D eigenvalue weighted by molar-refractivity contribution is 0.373. The molecule has 1 saturated heterocycles. The molecule has 19 heavy (non-hydrogen) atoms. The van der Waals surface area contributed by atoms with E-state index in [2.05, 4.69) is 52.3 Å². The van der Waals surface area contributed by atoms with Crippen LogP contribution in [-0.4, -0.2) is 44.1 Å². The number of rotatable bonds is 1. The van der Waals surface area contributed by atoms with Crippen molar-refractivity contribution < 1.29 is 0 Å². The van der Waals surface area contributed by atoms with E-state index < -0.39 is 0 Å². The number of anilines is 1. The zero-order valence-corrected chi connectivity index (χ0v) is 12.0. The Hall–Kier alpha value is -1.75. The summed E-state index contributed by atoms with van der Waals surface area (Å²) in [5.41, 5.74) is 6.72. The van der Waals surface area contributed by atoms with E-state index in [0.29, 0.717) is 0 Å². The molecule has 2 rings (SSSR count). The zero-order valence-electron chi connectivity index (χ0n) is 12.0. The average Bonchev–Trinajstić information content (AvgIpc) is 2.44. The number of nitrogens with one attached hydrogen (secondary N) is 1. The van der Waals surface area contributed by atoms with E-state index in [-0.39, 0.29) is 0 Å². The van der Waals surface area contributed by atoms with Gasteiger partial charge in [-0.25, -0.2) is 5.84 Å². The Kier molecular flexibility index (Phi) is 4.27. The predicted octanol–water partition coefficient (Wildman–Crippen LogP) is 0.875. The average molecular weight is 261 g/mol. The number of nitrogens with zero attached hydrogens (tertiary/aromatic N) is 3. The van der Waals surface area contributed by atoms with Crippen molar-refractivity contribution in [2.24, 2.45) is 10.8 Å². The minimum Gasteiger partial charge on any atom is -0.368 e. The monoisotopic (exact) mass is 261 g/mol. The second-order valence-electron chi connectivity index (χ2n) is 4.88. The molecule has 1 aromatic rings. The summed E-state index contributed by atoms with van der Waals surface area (Å²) in [6.45, 7) is 8.21. The number of hydrogen-bond donors (Lipinski definition) is 2. The number of nitrogens with two attached hydrogens (primary N) is 1. The summed E-state index contributed by atoms with van der Waals surface area (Å²) in [5.74, 6) is 6.23. The highest BCUT2D eigenvalue weighted by Gasteiger charge is 2.20. The van der Waals surface area contributed by atoms with Gasteiger partial charge in [-0.3, -0.25) is 10.4 Å². The lowest BCUT2D eigenvalue weighted by Crippen LogP contribution is -2.54. The molecule has 0 atom stereocenters. The van der Waals surface area contributed by atoms with Gasteiger partial charge in [0.1, 0.15) is 0 Å². The van der Waals surface area contributed by atoms with Crippen LogP contribution in [0.3, 0.4) is 0 Å². The van der Waals surface area contributed by atoms with Crippen LogP contribution in [-0.2, 0) is 0 Å². The molecule has 5 nitrogen and oxygen atoms in total. The number of aryl methyl sites for hydroxylation is 1. The fraction of sp³-hybridized carbons (Fsp3) is 0.500. The van der Waals surface area contributed by atoms with Crippen molar-refractivity contribution >= 4 is 11.6 Å². The van der Waals surface area contributed by atoms with Crippen molar-refractivity contribution in [3.63, 3.8) is 0 Å². The van der Waals surface area contributed by atoms with E-state index in [9.17, 15) is 0 Å². The number of piperazine rings is 1. The molecule has 5 heteroatoms. The third-order valence-electron chi connectivity index (χ3n) is 3.84. The Labute approximate surface area is 115 Å². The van der Waals surface area contributed by atoms with Gasteiger partial charge in [-0.05, 0) is 31.0 Å². The van der Waals surface area contributed by atoms with Crippen LogP contribution in [0.2, 0.25) is 0 Å². The SMILES string of the molecule is CN=C(NN)N1CCN(c2cccc(C)c2C)CC1. The third kappa shape index (κ3) is 2.81. The van der Waals surface area contributed by atoms with Crippen molar-refractivity contribution in [3.8, 4) is 0 Å². The fourth-order valence-corrected chi connectivity index (χ4v) is 2.53. The van der Waals surface area contributed by atoms with Crippen LogP contribution >= 0.6 is 0 Å². The Bertz CT molecular complexity index is 461. The largest absolute Gasteiger partial charge is 0.368 e. The molecule has 1 aliphatic rings. The fourth-order valence-electron chi connectivity index (χ4n) is 2.53. The molecule has 3 N–H and O–H groups in total. The Morgan fingerprint density at radius 2 is 1.89 bits per heavy atom. The summed E-state index contributed by atoms with van der Waals surface area (Å²) >= 11 is 0. The highest BCUT2D eigenvalue weighted by molar-refractivity contribution is 5.79. The van der Waals surface area contributed by atoms with E-state index in [1.165, 1.54) is 16.8 Å². The molecule has 1 fully saturated rings. The molecular weight excluding hydrogens is 238 g/mol. The molecule has 1 heterocycles. The third-order valence-corrected chi connectivity index (χ3v) is 3.84. The minimum absolute atomic E-state index is 0.764. The van der Waals surface area contributed by atoms with Gasteiger partial charge in [-0.2, -0.15) is 0 Å². The normalized spacial score (nSPS) is 16.7.